The molecule has 1 unspecified atom stereocenters. The third-order valence-corrected chi connectivity index (χ3v) is 3.18. The minimum absolute atomic E-state index is 0.397. The number of nitrogen functional groups attached to an aromatic ring is 1. The molecule has 1 rings (SSSR count). The van der Waals surface area contributed by atoms with Crippen LogP contribution in [0.4, 0.5) is 11.4 Å². The van der Waals surface area contributed by atoms with Crippen molar-refractivity contribution in [3.05, 3.63) is 23.8 Å². The van der Waals surface area contributed by atoms with Crippen LogP contribution in [-0.4, -0.2) is 26.7 Å². The minimum atomic E-state index is -0.397. The quantitative estimate of drug-likeness (QED) is 0.644. The summed E-state index contributed by atoms with van der Waals surface area (Å²) in [5.41, 5.74) is 7.81. The van der Waals surface area contributed by atoms with Crippen molar-refractivity contribution in [3.63, 3.8) is 0 Å². The van der Waals surface area contributed by atoms with Crippen molar-refractivity contribution in [2.45, 2.75) is 20.3 Å². The summed E-state index contributed by atoms with van der Waals surface area (Å²) in [5, 5.41) is 0. The Hall–Kier alpha value is -1.71. The summed E-state index contributed by atoms with van der Waals surface area (Å²) in [6.45, 7) is 5.26. The Morgan fingerprint density at radius 1 is 1.50 bits per heavy atom. The molecule has 0 radical (unpaired) electrons. The number of hydrogen-bond donors (Lipinski definition) is 1. The fourth-order valence-corrected chi connectivity index (χ4v) is 1.87. The lowest BCUT2D eigenvalue weighted by Crippen LogP contribution is -2.25. The molecular weight excluding hydrogens is 228 g/mol. The molecule has 1 aromatic carbocycles. The van der Waals surface area contributed by atoms with E-state index in [-0.39, 0.29) is 0 Å². The average Bonchev–Trinajstić information content (AvgIpc) is 2.37. The van der Waals surface area contributed by atoms with Gasteiger partial charge in [0.1, 0.15) is 0 Å². The highest BCUT2D eigenvalue weighted by atomic mass is 16.5. The van der Waals surface area contributed by atoms with Gasteiger partial charge in [0.05, 0.1) is 24.0 Å². The Balaban J connectivity index is 2.99. The third kappa shape index (κ3) is 3.15. The van der Waals surface area contributed by atoms with Gasteiger partial charge in [-0.05, 0) is 18.1 Å². The lowest BCUT2D eigenvalue weighted by Gasteiger charge is -2.24. The number of carbonyl (C=O) groups excluding carboxylic acids is 1. The van der Waals surface area contributed by atoms with Crippen LogP contribution in [0.1, 0.15) is 30.6 Å². The van der Waals surface area contributed by atoms with E-state index in [9.17, 15) is 4.79 Å². The number of carbonyl (C=O) groups is 1. The molecule has 4 nitrogen and oxygen atoms in total. The molecule has 0 aliphatic heterocycles. The van der Waals surface area contributed by atoms with Crippen LogP contribution in [-0.2, 0) is 4.74 Å². The zero-order chi connectivity index (χ0) is 13.7. The number of anilines is 2. The van der Waals surface area contributed by atoms with Crippen molar-refractivity contribution in [1.29, 1.82) is 0 Å². The molecule has 0 spiro atoms. The molecule has 1 atom stereocenters. The van der Waals surface area contributed by atoms with E-state index in [4.69, 9.17) is 10.5 Å². The first-order chi connectivity index (χ1) is 8.51. The van der Waals surface area contributed by atoms with E-state index >= 15 is 0 Å². The smallest absolute Gasteiger partial charge is 0.340 e. The van der Waals surface area contributed by atoms with Gasteiger partial charge in [-0.25, -0.2) is 4.79 Å². The number of methoxy groups -OCH3 is 1. The van der Waals surface area contributed by atoms with Crippen molar-refractivity contribution in [1.82, 2.24) is 0 Å². The Morgan fingerprint density at radius 3 is 2.72 bits per heavy atom. The van der Waals surface area contributed by atoms with Crippen molar-refractivity contribution in [2.75, 3.05) is 31.3 Å². The van der Waals surface area contributed by atoms with Crippen molar-refractivity contribution < 1.29 is 9.53 Å². The van der Waals surface area contributed by atoms with E-state index in [1.165, 1.54) is 7.11 Å². The Labute approximate surface area is 109 Å². The van der Waals surface area contributed by atoms with Crippen LogP contribution in [0, 0.1) is 5.92 Å². The highest BCUT2D eigenvalue weighted by molar-refractivity contribution is 5.98. The van der Waals surface area contributed by atoms with Crippen LogP contribution in [0.2, 0.25) is 0 Å². The number of nitrogens with two attached hydrogens (primary N) is 1. The molecule has 0 fully saturated rings. The van der Waals surface area contributed by atoms with E-state index in [1.54, 1.807) is 6.07 Å². The van der Waals surface area contributed by atoms with Gasteiger partial charge in [0.25, 0.3) is 0 Å². The van der Waals surface area contributed by atoms with Crippen LogP contribution < -0.4 is 10.6 Å². The first-order valence-corrected chi connectivity index (χ1v) is 6.19. The van der Waals surface area contributed by atoms with Crippen molar-refractivity contribution in [2.24, 2.45) is 5.92 Å². The standard InChI is InChI=1S/C14H22N2O2/c1-5-10(2)9-16(3)12-8-6-7-11(13(12)15)14(17)18-4/h6-8,10H,5,9,15H2,1-4H3. The minimum Gasteiger partial charge on any atom is -0.465 e. The van der Waals surface area contributed by atoms with Gasteiger partial charge in [0, 0.05) is 13.6 Å². The molecule has 0 heterocycles. The summed E-state index contributed by atoms with van der Waals surface area (Å²) in [4.78, 5) is 13.6. The monoisotopic (exact) mass is 250 g/mol. The zero-order valence-electron chi connectivity index (χ0n) is 11.6. The normalized spacial score (nSPS) is 12.0. The lowest BCUT2D eigenvalue weighted by atomic mass is 10.1. The van der Waals surface area contributed by atoms with Gasteiger partial charge in [-0.15, -0.1) is 0 Å². The van der Waals surface area contributed by atoms with E-state index < -0.39 is 5.97 Å². The number of rotatable bonds is 5. The molecule has 0 saturated carbocycles. The Kier molecular flexibility index (Phi) is 5.01. The molecule has 2 N–H and O–H groups in total. The summed E-state index contributed by atoms with van der Waals surface area (Å²) in [6.07, 6.45) is 1.11. The van der Waals surface area contributed by atoms with Crippen LogP contribution >= 0.6 is 0 Å². The second kappa shape index (κ2) is 6.28. The average molecular weight is 250 g/mol. The molecular formula is C14H22N2O2. The van der Waals surface area contributed by atoms with E-state index in [0.29, 0.717) is 17.2 Å². The lowest BCUT2D eigenvalue weighted by molar-refractivity contribution is 0.0602. The van der Waals surface area contributed by atoms with Crippen LogP contribution in [0.5, 0.6) is 0 Å². The topological polar surface area (TPSA) is 55.6 Å². The number of para-hydroxylation sites is 1. The van der Waals surface area contributed by atoms with Gasteiger partial charge in [-0.1, -0.05) is 26.3 Å². The summed E-state index contributed by atoms with van der Waals surface area (Å²) < 4.78 is 4.72. The molecule has 0 amide bonds. The summed E-state index contributed by atoms with van der Waals surface area (Å²) >= 11 is 0. The number of nitrogens with zero attached hydrogens (tertiary/aromatic N) is 1. The third-order valence-electron chi connectivity index (χ3n) is 3.18. The number of ether oxygens (including phenoxy) is 1. The van der Waals surface area contributed by atoms with Crippen LogP contribution in [0.3, 0.4) is 0 Å². The Morgan fingerprint density at radius 2 is 2.17 bits per heavy atom. The largest absolute Gasteiger partial charge is 0.465 e. The van der Waals surface area contributed by atoms with Gasteiger partial charge in [-0.3, -0.25) is 0 Å². The SMILES string of the molecule is CCC(C)CN(C)c1cccc(C(=O)OC)c1N. The predicted octanol–water partition coefficient (Wildman–Crippen LogP) is 2.54. The molecule has 0 aliphatic carbocycles. The van der Waals surface area contributed by atoms with Crippen LogP contribution in [0.15, 0.2) is 18.2 Å². The highest BCUT2D eigenvalue weighted by Gasteiger charge is 2.15. The van der Waals surface area contributed by atoms with Crippen LogP contribution in [0.25, 0.3) is 0 Å². The highest BCUT2D eigenvalue weighted by Crippen LogP contribution is 2.27. The van der Waals surface area contributed by atoms with Gasteiger partial charge in [0.2, 0.25) is 0 Å². The molecule has 0 saturated heterocycles. The predicted molar refractivity (Wildman–Crippen MR) is 74.9 cm³/mol. The maximum Gasteiger partial charge on any atom is 0.340 e. The molecule has 1 aromatic rings. The van der Waals surface area contributed by atoms with Gasteiger partial charge < -0.3 is 15.4 Å². The van der Waals surface area contributed by atoms with Gasteiger partial charge in [0.15, 0.2) is 0 Å². The van der Waals surface area contributed by atoms with E-state index in [2.05, 4.69) is 18.7 Å². The number of esters is 1. The van der Waals surface area contributed by atoms with Gasteiger partial charge >= 0.3 is 5.97 Å². The summed E-state index contributed by atoms with van der Waals surface area (Å²) in [5.74, 6) is 0.183. The summed E-state index contributed by atoms with van der Waals surface area (Å²) in [6, 6.07) is 5.43. The maximum absolute atomic E-state index is 11.6. The maximum atomic E-state index is 11.6. The Bertz CT molecular complexity index is 418. The number of hydrogen-bond acceptors (Lipinski definition) is 4. The fourth-order valence-electron chi connectivity index (χ4n) is 1.87. The van der Waals surface area contributed by atoms with Crippen molar-refractivity contribution in [3.8, 4) is 0 Å². The van der Waals surface area contributed by atoms with Gasteiger partial charge in [-0.2, -0.15) is 0 Å². The molecule has 0 aliphatic rings. The number of benzene rings is 1. The fraction of sp³-hybridized carbons (Fsp3) is 0.500. The van der Waals surface area contributed by atoms with Crippen molar-refractivity contribution >= 4 is 17.3 Å². The summed E-state index contributed by atoms with van der Waals surface area (Å²) in [7, 11) is 3.34. The zero-order valence-corrected chi connectivity index (χ0v) is 11.6. The second-order valence-corrected chi connectivity index (χ2v) is 4.62. The molecule has 18 heavy (non-hydrogen) atoms. The van der Waals surface area contributed by atoms with E-state index in [0.717, 1.165) is 18.7 Å². The second-order valence-electron chi connectivity index (χ2n) is 4.62. The molecule has 100 valence electrons. The molecule has 0 aromatic heterocycles. The molecule has 4 heteroatoms. The first-order valence-electron chi connectivity index (χ1n) is 6.19. The molecule has 0 bridgehead atoms. The van der Waals surface area contributed by atoms with E-state index in [1.807, 2.05) is 19.2 Å². The first kappa shape index (κ1) is 14.4.